The molecule has 1 heterocycles. The Balaban J connectivity index is 3.07. The molecule has 0 N–H and O–H groups in total. The molecule has 10 heavy (non-hydrogen) atoms. The quantitative estimate of drug-likeness (QED) is 0.444. The van der Waals surface area contributed by atoms with Gasteiger partial charge in [0.2, 0.25) is 3.79 Å². The molecule has 2 nitrogen and oxygen atoms in total. The Bertz CT molecular complexity index is 264. The second-order valence-electron chi connectivity index (χ2n) is 1.64. The van der Waals surface area contributed by atoms with E-state index < -0.39 is 0 Å². The van der Waals surface area contributed by atoms with E-state index in [9.17, 15) is 4.79 Å². The summed E-state index contributed by atoms with van der Waals surface area (Å²) in [6.45, 7) is 0. The minimum atomic E-state index is -0.0260. The van der Waals surface area contributed by atoms with Gasteiger partial charge in [0.1, 0.15) is 5.15 Å². The van der Waals surface area contributed by atoms with Gasteiger partial charge in [-0.15, -0.1) is 0 Å². The SMILES string of the molecule is O=C(I)c1ccnc(Cl)c1. The third-order valence-corrected chi connectivity index (χ3v) is 1.78. The number of carbonyl (C=O) groups excluding carboxylic acids is 1. The molecule has 0 aliphatic rings. The summed E-state index contributed by atoms with van der Waals surface area (Å²) in [6.07, 6.45) is 1.51. The Hall–Kier alpha value is -0.160. The van der Waals surface area contributed by atoms with Crippen LogP contribution >= 0.6 is 34.2 Å². The number of carbonyl (C=O) groups is 1. The zero-order valence-corrected chi connectivity index (χ0v) is 7.76. The van der Waals surface area contributed by atoms with E-state index >= 15 is 0 Å². The maximum atomic E-state index is 10.7. The van der Waals surface area contributed by atoms with Crippen LogP contribution in [0, 0.1) is 0 Å². The van der Waals surface area contributed by atoms with Crippen molar-refractivity contribution in [3.05, 3.63) is 29.0 Å². The molecule has 1 aromatic heterocycles. The average molecular weight is 267 g/mol. The van der Waals surface area contributed by atoms with Gasteiger partial charge in [0.15, 0.2) is 0 Å². The van der Waals surface area contributed by atoms with E-state index in [2.05, 4.69) is 4.98 Å². The molecule has 0 saturated carbocycles. The smallest absolute Gasteiger partial charge is 0.222 e. The van der Waals surface area contributed by atoms with Crippen LogP contribution in [0.2, 0.25) is 5.15 Å². The third-order valence-electron chi connectivity index (χ3n) is 0.954. The van der Waals surface area contributed by atoms with E-state index in [1.54, 1.807) is 28.7 Å². The van der Waals surface area contributed by atoms with E-state index in [1.165, 1.54) is 12.3 Å². The first-order valence-electron chi connectivity index (χ1n) is 2.51. The van der Waals surface area contributed by atoms with Crippen LogP contribution in [-0.2, 0) is 0 Å². The van der Waals surface area contributed by atoms with Gasteiger partial charge in [-0.1, -0.05) is 11.6 Å². The monoisotopic (exact) mass is 267 g/mol. The number of aromatic nitrogens is 1. The average Bonchev–Trinajstić information content (AvgIpc) is 1.88. The van der Waals surface area contributed by atoms with Crippen molar-refractivity contribution in [3.63, 3.8) is 0 Å². The molecule has 1 rings (SSSR count). The van der Waals surface area contributed by atoms with Crippen LogP contribution in [0.15, 0.2) is 18.3 Å². The zero-order valence-electron chi connectivity index (χ0n) is 4.84. The largest absolute Gasteiger partial charge is 0.282 e. The molecule has 1 aromatic rings. The topological polar surface area (TPSA) is 30.0 Å². The van der Waals surface area contributed by atoms with Gasteiger partial charge in [-0.2, -0.15) is 0 Å². The number of halogens is 2. The first kappa shape index (κ1) is 7.94. The summed E-state index contributed by atoms with van der Waals surface area (Å²) in [7, 11) is 0. The van der Waals surface area contributed by atoms with Crippen LogP contribution in [0.25, 0.3) is 0 Å². The highest BCUT2D eigenvalue weighted by atomic mass is 127. The third kappa shape index (κ3) is 1.91. The van der Waals surface area contributed by atoms with Gasteiger partial charge < -0.3 is 0 Å². The highest BCUT2D eigenvalue weighted by Gasteiger charge is 1.99. The Morgan fingerprint density at radius 2 is 2.40 bits per heavy atom. The summed E-state index contributed by atoms with van der Waals surface area (Å²) in [6, 6.07) is 3.16. The second kappa shape index (κ2) is 3.30. The van der Waals surface area contributed by atoms with Crippen molar-refractivity contribution >= 4 is 38.0 Å². The van der Waals surface area contributed by atoms with Gasteiger partial charge in [-0.25, -0.2) is 4.98 Å². The van der Waals surface area contributed by atoms with Gasteiger partial charge in [0.25, 0.3) is 0 Å². The summed E-state index contributed by atoms with van der Waals surface area (Å²) in [5.74, 6) is 0. The van der Waals surface area contributed by atoms with Crippen molar-refractivity contribution in [2.24, 2.45) is 0 Å². The molecule has 0 fully saturated rings. The Kier molecular flexibility index (Phi) is 2.62. The van der Waals surface area contributed by atoms with Crippen LogP contribution in [0.3, 0.4) is 0 Å². The standard InChI is InChI=1S/C6H3ClINO/c7-5-3-4(6(8)10)1-2-9-5/h1-3H. The first-order valence-corrected chi connectivity index (χ1v) is 3.97. The Labute approximate surface area is 76.7 Å². The summed E-state index contributed by atoms with van der Waals surface area (Å²) >= 11 is 7.22. The summed E-state index contributed by atoms with van der Waals surface area (Å²) < 4.78 is -0.0260. The molecule has 0 saturated heterocycles. The van der Waals surface area contributed by atoms with E-state index in [4.69, 9.17) is 11.6 Å². The van der Waals surface area contributed by atoms with E-state index in [0.29, 0.717) is 10.7 Å². The lowest BCUT2D eigenvalue weighted by molar-refractivity contribution is 0.110. The highest BCUT2D eigenvalue weighted by molar-refractivity contribution is 14.1. The van der Waals surface area contributed by atoms with Gasteiger partial charge >= 0.3 is 0 Å². The molecule has 52 valence electrons. The molecule has 4 heteroatoms. The lowest BCUT2D eigenvalue weighted by atomic mass is 10.3. The molecule has 0 radical (unpaired) electrons. The van der Waals surface area contributed by atoms with Crippen LogP contribution in [0.1, 0.15) is 10.4 Å². The van der Waals surface area contributed by atoms with Gasteiger partial charge in [0.05, 0.1) is 0 Å². The summed E-state index contributed by atoms with van der Waals surface area (Å²) in [5.41, 5.74) is 0.584. The zero-order chi connectivity index (χ0) is 7.56. The summed E-state index contributed by atoms with van der Waals surface area (Å²) in [4.78, 5) is 14.4. The second-order valence-corrected chi connectivity index (χ2v) is 3.01. The number of rotatable bonds is 1. The first-order chi connectivity index (χ1) is 4.70. The Morgan fingerprint density at radius 3 is 2.80 bits per heavy atom. The van der Waals surface area contributed by atoms with Crippen molar-refractivity contribution in [2.45, 2.75) is 0 Å². The van der Waals surface area contributed by atoms with Crippen LogP contribution in [-0.4, -0.2) is 8.77 Å². The predicted molar refractivity (Wildman–Crippen MR) is 47.6 cm³/mol. The fourth-order valence-electron chi connectivity index (χ4n) is 0.525. The molecule has 0 aliphatic carbocycles. The van der Waals surface area contributed by atoms with Crippen molar-refractivity contribution in [3.8, 4) is 0 Å². The maximum absolute atomic E-state index is 10.7. The molecular formula is C6H3ClINO. The molecule has 0 amide bonds. The maximum Gasteiger partial charge on any atom is 0.222 e. The van der Waals surface area contributed by atoms with Gasteiger partial charge in [-0.3, -0.25) is 4.79 Å². The molecule has 0 atom stereocenters. The Morgan fingerprint density at radius 1 is 1.70 bits per heavy atom. The highest BCUT2D eigenvalue weighted by Crippen LogP contribution is 2.09. The lowest BCUT2D eigenvalue weighted by Gasteiger charge is -1.91. The fraction of sp³-hybridized carbons (Fsp3) is 0. The molecular weight excluding hydrogens is 264 g/mol. The molecule has 0 spiro atoms. The summed E-state index contributed by atoms with van der Waals surface area (Å²) in [5, 5.41) is 0.350. The van der Waals surface area contributed by atoms with Crippen molar-refractivity contribution in [2.75, 3.05) is 0 Å². The number of nitrogens with zero attached hydrogens (tertiary/aromatic N) is 1. The van der Waals surface area contributed by atoms with E-state index in [0.717, 1.165) is 0 Å². The van der Waals surface area contributed by atoms with Crippen molar-refractivity contribution in [1.82, 2.24) is 4.98 Å². The number of hydrogen-bond donors (Lipinski definition) is 0. The number of pyridine rings is 1. The van der Waals surface area contributed by atoms with E-state index in [1.807, 2.05) is 0 Å². The van der Waals surface area contributed by atoms with Crippen LogP contribution in [0.4, 0.5) is 0 Å². The molecule has 0 bridgehead atoms. The van der Waals surface area contributed by atoms with E-state index in [-0.39, 0.29) is 3.79 Å². The lowest BCUT2D eigenvalue weighted by Crippen LogP contribution is -1.87. The predicted octanol–water partition coefficient (Wildman–Crippen LogP) is 2.31. The van der Waals surface area contributed by atoms with Gasteiger partial charge in [-0.05, 0) is 12.1 Å². The van der Waals surface area contributed by atoms with Crippen molar-refractivity contribution in [1.29, 1.82) is 0 Å². The molecule has 0 aromatic carbocycles. The minimum Gasteiger partial charge on any atom is -0.282 e. The normalized spacial score (nSPS) is 9.40. The molecule has 0 aliphatic heterocycles. The number of hydrogen-bond acceptors (Lipinski definition) is 2. The van der Waals surface area contributed by atoms with Crippen LogP contribution < -0.4 is 0 Å². The van der Waals surface area contributed by atoms with Gasteiger partial charge in [0, 0.05) is 34.4 Å². The molecule has 0 unspecified atom stereocenters. The van der Waals surface area contributed by atoms with Crippen molar-refractivity contribution < 1.29 is 4.79 Å². The minimum absolute atomic E-state index is 0.0260. The van der Waals surface area contributed by atoms with Crippen LogP contribution in [0.5, 0.6) is 0 Å². The fourth-order valence-corrected chi connectivity index (χ4v) is 1.03.